The molecule has 0 aromatic heterocycles. The third-order valence-electron chi connectivity index (χ3n) is 2.06. The maximum Gasteiger partial charge on any atom is 0.248 e. The van der Waals surface area contributed by atoms with Crippen molar-refractivity contribution in [3.8, 4) is 0 Å². The van der Waals surface area contributed by atoms with Crippen LogP contribution in [0.4, 0.5) is 0 Å². The average Bonchev–Trinajstić information content (AvgIpc) is 2.35. The number of methoxy groups -OCH3 is 1. The molecule has 1 aliphatic rings. The predicted octanol–water partition coefficient (Wildman–Crippen LogP) is 2.86. The van der Waals surface area contributed by atoms with Gasteiger partial charge in [-0.2, -0.15) is 0 Å². The second-order valence-corrected chi connectivity index (χ2v) is 3.07. The Morgan fingerprint density at radius 2 is 1.94 bits per heavy atom. The molecular weight excluding hydrogens is 202 g/mol. The fourth-order valence-electron chi connectivity index (χ4n) is 1.21. The zero-order valence-corrected chi connectivity index (χ0v) is 11.7. The van der Waals surface area contributed by atoms with E-state index in [1.54, 1.807) is 7.11 Å². The van der Waals surface area contributed by atoms with Crippen molar-refractivity contribution in [2.75, 3.05) is 26.8 Å². The van der Waals surface area contributed by atoms with Gasteiger partial charge in [-0.25, -0.2) is 0 Å². The number of rotatable bonds is 2. The summed E-state index contributed by atoms with van der Waals surface area (Å²) in [5.74, 6) is 0.0845. The lowest BCUT2D eigenvalue weighted by Gasteiger charge is -2.25. The van der Waals surface area contributed by atoms with Crippen LogP contribution in [-0.2, 0) is 9.53 Å². The normalized spacial score (nSPS) is 13.9. The molecule has 3 heteroatoms. The molecule has 0 spiro atoms. The molecule has 1 rings (SSSR count). The molecule has 3 nitrogen and oxygen atoms in total. The largest absolute Gasteiger partial charge is 0.375 e. The topological polar surface area (TPSA) is 29.5 Å². The summed E-state index contributed by atoms with van der Waals surface area (Å²) in [5, 5.41) is 0. The van der Waals surface area contributed by atoms with Crippen molar-refractivity contribution in [2.24, 2.45) is 0 Å². The van der Waals surface area contributed by atoms with Crippen LogP contribution >= 0.6 is 0 Å². The van der Waals surface area contributed by atoms with Crippen LogP contribution in [0.15, 0.2) is 11.6 Å². The molecule has 1 heterocycles. The zero-order chi connectivity index (χ0) is 13.0. The minimum Gasteiger partial charge on any atom is -0.375 e. The highest BCUT2D eigenvalue weighted by molar-refractivity contribution is 5.77. The molecule has 0 aliphatic carbocycles. The lowest BCUT2D eigenvalue weighted by molar-refractivity contribution is -0.134. The van der Waals surface area contributed by atoms with E-state index in [-0.39, 0.29) is 12.5 Å². The van der Waals surface area contributed by atoms with Gasteiger partial charge in [-0.3, -0.25) is 4.79 Å². The van der Waals surface area contributed by atoms with Crippen LogP contribution in [0.5, 0.6) is 0 Å². The monoisotopic (exact) mass is 229 g/mol. The molecule has 0 unspecified atom stereocenters. The van der Waals surface area contributed by atoms with E-state index < -0.39 is 0 Å². The molecule has 0 aromatic rings. The molecule has 0 N–H and O–H groups in total. The van der Waals surface area contributed by atoms with Gasteiger partial charge in [0, 0.05) is 20.2 Å². The van der Waals surface area contributed by atoms with E-state index in [0.717, 1.165) is 19.5 Å². The summed E-state index contributed by atoms with van der Waals surface area (Å²) < 4.78 is 4.77. The highest BCUT2D eigenvalue weighted by Crippen LogP contribution is 2.09. The van der Waals surface area contributed by atoms with E-state index in [9.17, 15) is 4.79 Å². The second kappa shape index (κ2) is 12.2. The quantitative estimate of drug-likeness (QED) is 0.681. The van der Waals surface area contributed by atoms with E-state index >= 15 is 0 Å². The number of carbonyl (C=O) groups excluding carboxylic acids is 1. The molecule has 0 radical (unpaired) electrons. The van der Waals surface area contributed by atoms with Crippen LogP contribution in [0.3, 0.4) is 0 Å². The molecule has 0 atom stereocenters. The molecule has 1 aliphatic heterocycles. The summed E-state index contributed by atoms with van der Waals surface area (Å²) in [5.41, 5.74) is 1.37. The summed E-state index contributed by atoms with van der Waals surface area (Å²) in [4.78, 5) is 13.1. The first-order valence-electron chi connectivity index (χ1n) is 6.16. The van der Waals surface area contributed by atoms with Gasteiger partial charge in [0.1, 0.15) is 6.61 Å². The van der Waals surface area contributed by atoms with E-state index in [1.165, 1.54) is 5.57 Å². The van der Waals surface area contributed by atoms with Crippen molar-refractivity contribution in [1.82, 2.24) is 4.90 Å². The first kappa shape index (κ1) is 17.6. The summed E-state index contributed by atoms with van der Waals surface area (Å²) in [6, 6.07) is 0. The summed E-state index contributed by atoms with van der Waals surface area (Å²) >= 11 is 0. The lowest BCUT2D eigenvalue weighted by Crippen LogP contribution is -2.36. The first-order valence-corrected chi connectivity index (χ1v) is 6.16. The Morgan fingerprint density at radius 3 is 2.31 bits per heavy atom. The van der Waals surface area contributed by atoms with Crippen molar-refractivity contribution in [1.29, 1.82) is 0 Å². The van der Waals surface area contributed by atoms with Crippen LogP contribution in [0.2, 0.25) is 0 Å². The molecule has 96 valence electrons. The third-order valence-corrected chi connectivity index (χ3v) is 2.06. The summed E-state index contributed by atoms with van der Waals surface area (Å²) in [6.45, 7) is 11.9. The van der Waals surface area contributed by atoms with Crippen LogP contribution in [-0.4, -0.2) is 37.6 Å². The molecule has 1 amide bonds. The van der Waals surface area contributed by atoms with Crippen LogP contribution < -0.4 is 0 Å². The van der Waals surface area contributed by atoms with Gasteiger partial charge in [0.15, 0.2) is 0 Å². The second-order valence-electron chi connectivity index (χ2n) is 3.07. The van der Waals surface area contributed by atoms with E-state index in [0.29, 0.717) is 0 Å². The Hall–Kier alpha value is -0.830. The SMILES string of the molecule is CC.CC.COCC(=O)N1CC=C(C)CC1. The Balaban J connectivity index is 0. The van der Waals surface area contributed by atoms with E-state index in [2.05, 4.69) is 13.0 Å². The lowest BCUT2D eigenvalue weighted by atomic mass is 10.1. The average molecular weight is 229 g/mol. The highest BCUT2D eigenvalue weighted by Gasteiger charge is 2.14. The van der Waals surface area contributed by atoms with E-state index in [4.69, 9.17) is 4.74 Å². The smallest absolute Gasteiger partial charge is 0.248 e. The van der Waals surface area contributed by atoms with Crippen molar-refractivity contribution in [3.05, 3.63) is 11.6 Å². The predicted molar refractivity (Wildman–Crippen MR) is 69.5 cm³/mol. The van der Waals surface area contributed by atoms with Gasteiger partial charge in [-0.05, 0) is 13.3 Å². The molecule has 0 fully saturated rings. The van der Waals surface area contributed by atoms with Crippen molar-refractivity contribution in [3.63, 3.8) is 0 Å². The number of amides is 1. The van der Waals surface area contributed by atoms with Gasteiger partial charge in [-0.15, -0.1) is 0 Å². The maximum atomic E-state index is 11.3. The van der Waals surface area contributed by atoms with Gasteiger partial charge in [-0.1, -0.05) is 39.3 Å². The van der Waals surface area contributed by atoms with Crippen molar-refractivity contribution >= 4 is 5.91 Å². The number of hydrogen-bond acceptors (Lipinski definition) is 2. The minimum absolute atomic E-state index is 0.0845. The van der Waals surface area contributed by atoms with Gasteiger partial charge in [0.05, 0.1) is 0 Å². The Morgan fingerprint density at radius 1 is 1.38 bits per heavy atom. The Kier molecular flexibility index (Phi) is 13.4. The molecule has 0 saturated heterocycles. The first-order chi connectivity index (χ1) is 7.74. The number of carbonyl (C=O) groups is 1. The molecule has 0 bridgehead atoms. The van der Waals surface area contributed by atoms with Crippen molar-refractivity contribution in [2.45, 2.75) is 41.0 Å². The van der Waals surface area contributed by atoms with Gasteiger partial charge >= 0.3 is 0 Å². The van der Waals surface area contributed by atoms with Crippen LogP contribution in [0, 0.1) is 0 Å². The molecule has 0 aromatic carbocycles. The van der Waals surface area contributed by atoms with Gasteiger partial charge < -0.3 is 9.64 Å². The fraction of sp³-hybridized carbons (Fsp3) is 0.769. The zero-order valence-electron chi connectivity index (χ0n) is 11.7. The summed E-state index contributed by atoms with van der Waals surface area (Å²) in [7, 11) is 1.54. The highest BCUT2D eigenvalue weighted by atomic mass is 16.5. The maximum absolute atomic E-state index is 11.3. The van der Waals surface area contributed by atoms with E-state index in [1.807, 2.05) is 32.6 Å². The summed E-state index contributed by atoms with van der Waals surface area (Å²) in [6.07, 6.45) is 3.09. The van der Waals surface area contributed by atoms with Crippen LogP contribution in [0.1, 0.15) is 41.0 Å². The van der Waals surface area contributed by atoms with Crippen LogP contribution in [0.25, 0.3) is 0 Å². The third kappa shape index (κ3) is 7.46. The molecule has 16 heavy (non-hydrogen) atoms. The Bertz CT molecular complexity index is 200. The molecular formula is C13H27NO2. The molecule has 0 saturated carbocycles. The standard InChI is InChI=1S/C9H15NO2.2C2H6/c1-8-3-5-10(6-4-8)9(11)7-12-2;2*1-2/h3H,4-7H2,1-2H3;2*1-2H3. The number of ether oxygens (including phenoxy) is 1. The van der Waals surface area contributed by atoms with Crippen molar-refractivity contribution < 1.29 is 9.53 Å². The van der Waals surface area contributed by atoms with Gasteiger partial charge in [0.2, 0.25) is 5.91 Å². The Labute approximate surface area is 100 Å². The van der Waals surface area contributed by atoms with Gasteiger partial charge in [0.25, 0.3) is 0 Å². The fourth-order valence-corrected chi connectivity index (χ4v) is 1.21. The minimum atomic E-state index is 0.0845. The number of hydrogen-bond donors (Lipinski definition) is 0. The number of nitrogens with zero attached hydrogens (tertiary/aromatic N) is 1.